The molecule has 1 unspecified atom stereocenters. The molecule has 7 heteroatoms. The summed E-state index contributed by atoms with van der Waals surface area (Å²) in [4.78, 5) is 21.1. The van der Waals surface area contributed by atoms with Gasteiger partial charge in [-0.15, -0.1) is 5.10 Å². The van der Waals surface area contributed by atoms with Gasteiger partial charge >= 0.3 is 0 Å². The summed E-state index contributed by atoms with van der Waals surface area (Å²) in [5, 5.41) is 8.46. The zero-order valence-electron chi connectivity index (χ0n) is 13.6. The molecule has 1 N–H and O–H groups in total. The van der Waals surface area contributed by atoms with Crippen LogP contribution in [0.15, 0.2) is 18.7 Å². The smallest absolute Gasteiger partial charge is 0.271 e. The highest BCUT2D eigenvalue weighted by molar-refractivity contribution is 5.92. The summed E-state index contributed by atoms with van der Waals surface area (Å²) in [5.74, 6) is 0.464. The summed E-state index contributed by atoms with van der Waals surface area (Å²) in [5.41, 5.74) is 1.63. The van der Waals surface area contributed by atoms with Crippen LogP contribution in [0.3, 0.4) is 0 Å². The van der Waals surface area contributed by atoms with Crippen molar-refractivity contribution < 1.29 is 4.79 Å². The predicted octanol–water partition coefficient (Wildman–Crippen LogP) is 1.90. The monoisotopic (exact) mass is 316 g/mol. The Morgan fingerprint density at radius 1 is 1.48 bits per heavy atom. The number of rotatable bonds is 6. The van der Waals surface area contributed by atoms with Crippen LogP contribution in [0.5, 0.6) is 0 Å². The van der Waals surface area contributed by atoms with E-state index in [-0.39, 0.29) is 5.91 Å². The van der Waals surface area contributed by atoms with Gasteiger partial charge in [0.1, 0.15) is 5.69 Å². The van der Waals surface area contributed by atoms with Crippen molar-refractivity contribution >= 4 is 5.91 Å². The Hall–Kier alpha value is -2.18. The lowest BCUT2D eigenvalue weighted by molar-refractivity contribution is 0.0654. The van der Waals surface area contributed by atoms with Crippen molar-refractivity contribution in [1.82, 2.24) is 29.9 Å². The zero-order valence-corrected chi connectivity index (χ0v) is 13.6. The summed E-state index contributed by atoms with van der Waals surface area (Å²) < 4.78 is 1.93. The van der Waals surface area contributed by atoms with E-state index in [1.807, 2.05) is 15.8 Å². The average Bonchev–Trinajstić information content (AvgIpc) is 3.24. The molecule has 0 aliphatic carbocycles. The Bertz CT molecular complexity index is 620. The van der Waals surface area contributed by atoms with Crippen LogP contribution in [0.25, 0.3) is 0 Å². The molecular weight excluding hydrogens is 292 g/mol. The number of aromatic amines is 1. The van der Waals surface area contributed by atoms with E-state index in [2.05, 4.69) is 27.2 Å². The maximum absolute atomic E-state index is 12.4. The normalized spacial score (nSPS) is 18.3. The zero-order chi connectivity index (χ0) is 16.1. The molecule has 124 valence electrons. The second-order valence-electron chi connectivity index (χ2n) is 6.26. The van der Waals surface area contributed by atoms with E-state index in [4.69, 9.17) is 0 Å². The fourth-order valence-electron chi connectivity index (χ4n) is 3.11. The Labute approximate surface area is 136 Å². The fourth-order valence-corrected chi connectivity index (χ4v) is 3.11. The highest BCUT2D eigenvalue weighted by Gasteiger charge is 2.25. The van der Waals surface area contributed by atoms with E-state index in [0.29, 0.717) is 11.6 Å². The molecule has 3 heterocycles. The van der Waals surface area contributed by atoms with Gasteiger partial charge in [-0.25, -0.2) is 4.98 Å². The Kier molecular flexibility index (Phi) is 5.05. The summed E-state index contributed by atoms with van der Waals surface area (Å²) in [6, 6.07) is 0. The third kappa shape index (κ3) is 3.97. The topological polar surface area (TPSA) is 79.7 Å². The van der Waals surface area contributed by atoms with E-state index < -0.39 is 0 Å². The van der Waals surface area contributed by atoms with Crippen LogP contribution < -0.4 is 0 Å². The third-order valence-electron chi connectivity index (χ3n) is 4.35. The molecule has 0 radical (unpaired) electrons. The number of aryl methyl sites for hydroxylation is 1. The van der Waals surface area contributed by atoms with Gasteiger partial charge in [0.25, 0.3) is 5.91 Å². The number of amides is 1. The van der Waals surface area contributed by atoms with Gasteiger partial charge in [-0.05, 0) is 31.6 Å². The number of likely N-dealkylation sites (tertiary alicyclic amines) is 1. The molecule has 1 amide bonds. The molecule has 1 fully saturated rings. The molecule has 3 rings (SSSR count). The maximum Gasteiger partial charge on any atom is 0.271 e. The lowest BCUT2D eigenvalue weighted by Crippen LogP contribution is -2.41. The number of nitrogens with zero attached hydrogens (tertiary/aromatic N) is 5. The van der Waals surface area contributed by atoms with Gasteiger partial charge in [-0.1, -0.05) is 18.6 Å². The molecule has 7 nitrogen and oxygen atoms in total. The van der Waals surface area contributed by atoms with E-state index in [1.54, 1.807) is 12.5 Å². The van der Waals surface area contributed by atoms with Gasteiger partial charge in [0.05, 0.1) is 18.2 Å². The second-order valence-corrected chi connectivity index (χ2v) is 6.26. The van der Waals surface area contributed by atoms with Gasteiger partial charge in [-0.2, -0.15) is 0 Å². The first kappa shape index (κ1) is 15.7. The Morgan fingerprint density at radius 2 is 2.39 bits per heavy atom. The molecular formula is C16H24N6O. The van der Waals surface area contributed by atoms with E-state index in [1.165, 1.54) is 6.42 Å². The van der Waals surface area contributed by atoms with Crippen molar-refractivity contribution in [2.75, 3.05) is 13.1 Å². The van der Waals surface area contributed by atoms with Gasteiger partial charge < -0.3 is 9.88 Å². The number of aromatic nitrogens is 5. The summed E-state index contributed by atoms with van der Waals surface area (Å²) in [6.45, 7) is 4.58. The Morgan fingerprint density at radius 3 is 3.17 bits per heavy atom. The van der Waals surface area contributed by atoms with Crippen LogP contribution in [-0.4, -0.2) is 48.9 Å². The van der Waals surface area contributed by atoms with Crippen LogP contribution in [0.1, 0.15) is 48.8 Å². The van der Waals surface area contributed by atoms with Crippen molar-refractivity contribution in [3.63, 3.8) is 0 Å². The molecule has 1 atom stereocenters. The average molecular weight is 316 g/mol. The summed E-state index contributed by atoms with van der Waals surface area (Å²) >= 11 is 0. The van der Waals surface area contributed by atoms with Gasteiger partial charge in [0, 0.05) is 25.8 Å². The van der Waals surface area contributed by atoms with Crippen molar-refractivity contribution in [3.05, 3.63) is 30.1 Å². The highest BCUT2D eigenvalue weighted by Crippen LogP contribution is 2.19. The first-order valence-electron chi connectivity index (χ1n) is 8.43. The van der Waals surface area contributed by atoms with Crippen molar-refractivity contribution in [2.45, 2.75) is 45.6 Å². The largest absolute Gasteiger partial charge is 0.341 e. The standard InChI is InChI=1S/C16H24N6O/c1-2-3-6-14-11-22(20-19-14)10-13-5-4-7-21(9-13)16(23)15-8-17-12-18-15/h8,11-13H,2-7,9-10H2,1H3,(H,17,18). The first-order valence-corrected chi connectivity index (χ1v) is 8.43. The molecule has 1 saturated heterocycles. The quantitative estimate of drug-likeness (QED) is 0.882. The highest BCUT2D eigenvalue weighted by atomic mass is 16.2. The Balaban J connectivity index is 1.56. The number of carbonyl (C=O) groups excluding carboxylic acids is 1. The summed E-state index contributed by atoms with van der Waals surface area (Å²) in [6.07, 6.45) is 10.6. The van der Waals surface area contributed by atoms with Gasteiger partial charge in [0.2, 0.25) is 0 Å². The molecule has 1 aliphatic heterocycles. The fraction of sp³-hybridized carbons (Fsp3) is 0.625. The number of piperidine rings is 1. The molecule has 2 aromatic rings. The summed E-state index contributed by atoms with van der Waals surface area (Å²) in [7, 11) is 0. The van der Waals surface area contributed by atoms with Gasteiger partial charge in [0.15, 0.2) is 0 Å². The number of hydrogen-bond acceptors (Lipinski definition) is 4. The molecule has 2 aromatic heterocycles. The van der Waals surface area contributed by atoms with Gasteiger partial charge in [-0.3, -0.25) is 9.48 Å². The minimum atomic E-state index is 0.0365. The second kappa shape index (κ2) is 7.39. The first-order chi connectivity index (χ1) is 11.3. The number of imidazole rings is 1. The van der Waals surface area contributed by atoms with Crippen molar-refractivity contribution in [3.8, 4) is 0 Å². The molecule has 0 aromatic carbocycles. The molecule has 1 aliphatic rings. The van der Waals surface area contributed by atoms with E-state index in [0.717, 1.165) is 51.0 Å². The lowest BCUT2D eigenvalue weighted by Gasteiger charge is -2.32. The number of nitrogens with one attached hydrogen (secondary N) is 1. The number of unbranched alkanes of at least 4 members (excludes halogenated alkanes) is 1. The minimum absolute atomic E-state index is 0.0365. The minimum Gasteiger partial charge on any atom is -0.341 e. The molecule has 0 saturated carbocycles. The lowest BCUT2D eigenvalue weighted by atomic mass is 9.98. The van der Waals surface area contributed by atoms with E-state index in [9.17, 15) is 4.79 Å². The van der Waals surface area contributed by atoms with Crippen LogP contribution in [-0.2, 0) is 13.0 Å². The molecule has 23 heavy (non-hydrogen) atoms. The van der Waals surface area contributed by atoms with Crippen LogP contribution in [0.2, 0.25) is 0 Å². The van der Waals surface area contributed by atoms with Crippen molar-refractivity contribution in [1.29, 1.82) is 0 Å². The number of H-pyrrole nitrogens is 1. The van der Waals surface area contributed by atoms with Crippen molar-refractivity contribution in [2.24, 2.45) is 5.92 Å². The predicted molar refractivity (Wildman–Crippen MR) is 85.8 cm³/mol. The molecule has 0 spiro atoms. The number of hydrogen-bond donors (Lipinski definition) is 1. The SMILES string of the molecule is CCCCc1cn(CC2CCCN(C(=O)c3cnc[nH]3)C2)nn1. The van der Waals surface area contributed by atoms with Crippen LogP contribution in [0.4, 0.5) is 0 Å². The van der Waals surface area contributed by atoms with Crippen LogP contribution in [0, 0.1) is 5.92 Å². The van der Waals surface area contributed by atoms with E-state index >= 15 is 0 Å². The maximum atomic E-state index is 12.4. The van der Waals surface area contributed by atoms with Crippen LogP contribution >= 0.6 is 0 Å². The third-order valence-corrected chi connectivity index (χ3v) is 4.35. The molecule has 0 bridgehead atoms. The number of carbonyl (C=O) groups is 1.